The maximum atomic E-state index is 12.4. The molecule has 2 heterocycles. The van der Waals surface area contributed by atoms with E-state index in [9.17, 15) is 4.79 Å². The van der Waals surface area contributed by atoms with Gasteiger partial charge in [0.15, 0.2) is 6.61 Å². The second-order valence-electron chi connectivity index (χ2n) is 7.22. The number of piperazine rings is 1. The van der Waals surface area contributed by atoms with E-state index >= 15 is 0 Å². The molecule has 0 radical (unpaired) electrons. The van der Waals surface area contributed by atoms with Crippen molar-refractivity contribution in [1.82, 2.24) is 19.4 Å². The van der Waals surface area contributed by atoms with Gasteiger partial charge < -0.3 is 14.2 Å². The molecule has 1 aromatic heterocycles. The van der Waals surface area contributed by atoms with Gasteiger partial charge in [-0.2, -0.15) is 0 Å². The van der Waals surface area contributed by atoms with Gasteiger partial charge in [-0.3, -0.25) is 9.69 Å². The maximum Gasteiger partial charge on any atom is 0.260 e. The zero-order chi connectivity index (χ0) is 20.1. The van der Waals surface area contributed by atoms with E-state index in [4.69, 9.17) is 27.9 Å². The molecule has 1 fully saturated rings. The second kappa shape index (κ2) is 9.63. The van der Waals surface area contributed by atoms with Crippen molar-refractivity contribution in [1.29, 1.82) is 0 Å². The Balaban J connectivity index is 1.42. The first kappa shape index (κ1) is 21.0. The van der Waals surface area contributed by atoms with Gasteiger partial charge in [0.25, 0.3) is 5.91 Å². The van der Waals surface area contributed by atoms with Crippen LogP contribution in [-0.2, 0) is 11.3 Å². The van der Waals surface area contributed by atoms with Crippen LogP contribution in [0.2, 0.25) is 10.0 Å². The molecule has 1 aliphatic rings. The van der Waals surface area contributed by atoms with Crippen LogP contribution in [0.4, 0.5) is 0 Å². The number of carbonyl (C=O) groups excluding carboxylic acids is 1. The normalized spacial score (nSPS) is 15.2. The zero-order valence-corrected chi connectivity index (χ0v) is 17.8. The summed E-state index contributed by atoms with van der Waals surface area (Å²) in [5, 5.41) is 0.946. The average molecular weight is 425 g/mol. The summed E-state index contributed by atoms with van der Waals surface area (Å²) >= 11 is 12.0. The van der Waals surface area contributed by atoms with Crippen LogP contribution in [0.1, 0.15) is 25.6 Å². The van der Waals surface area contributed by atoms with Crippen molar-refractivity contribution >= 4 is 29.1 Å². The first-order chi connectivity index (χ1) is 13.4. The Hall–Kier alpha value is -1.76. The number of carbonyl (C=O) groups is 1. The van der Waals surface area contributed by atoms with Crippen LogP contribution in [-0.4, -0.2) is 64.6 Å². The minimum Gasteiger partial charge on any atom is -0.482 e. The van der Waals surface area contributed by atoms with Crippen molar-refractivity contribution in [3.05, 3.63) is 46.5 Å². The summed E-state index contributed by atoms with van der Waals surface area (Å²) in [7, 11) is 0. The summed E-state index contributed by atoms with van der Waals surface area (Å²) in [5.74, 6) is 1.98. The number of halogens is 2. The molecule has 2 aromatic rings. The van der Waals surface area contributed by atoms with Crippen LogP contribution in [0.25, 0.3) is 0 Å². The monoisotopic (exact) mass is 424 g/mol. The van der Waals surface area contributed by atoms with Gasteiger partial charge in [-0.15, -0.1) is 0 Å². The average Bonchev–Trinajstić information content (AvgIpc) is 3.15. The Kier molecular flexibility index (Phi) is 7.21. The molecular formula is C20H26Cl2N4O2. The number of amides is 1. The summed E-state index contributed by atoms with van der Waals surface area (Å²) in [6.07, 6.45) is 3.90. The van der Waals surface area contributed by atoms with Crippen LogP contribution >= 0.6 is 23.2 Å². The molecule has 1 aliphatic heterocycles. The number of hydrogen-bond acceptors (Lipinski definition) is 4. The minimum atomic E-state index is -0.0256. The summed E-state index contributed by atoms with van der Waals surface area (Å²) in [5.41, 5.74) is 0. The number of imidazole rings is 1. The molecule has 8 heteroatoms. The number of rotatable bonds is 7. The van der Waals surface area contributed by atoms with Crippen molar-refractivity contribution in [2.24, 2.45) is 0 Å². The van der Waals surface area contributed by atoms with E-state index in [0.717, 1.165) is 32.0 Å². The number of ether oxygens (including phenoxy) is 1. The fourth-order valence-corrected chi connectivity index (χ4v) is 3.77. The van der Waals surface area contributed by atoms with Gasteiger partial charge in [-0.1, -0.05) is 37.0 Å². The summed E-state index contributed by atoms with van der Waals surface area (Å²) < 4.78 is 7.77. The highest BCUT2D eigenvalue weighted by atomic mass is 35.5. The van der Waals surface area contributed by atoms with Crippen LogP contribution in [0.5, 0.6) is 5.75 Å². The van der Waals surface area contributed by atoms with Gasteiger partial charge >= 0.3 is 0 Å². The van der Waals surface area contributed by atoms with Crippen LogP contribution in [0.3, 0.4) is 0 Å². The largest absolute Gasteiger partial charge is 0.482 e. The van der Waals surface area contributed by atoms with E-state index in [1.807, 2.05) is 17.3 Å². The Bertz CT molecular complexity index is 801. The first-order valence-electron chi connectivity index (χ1n) is 9.53. The van der Waals surface area contributed by atoms with Crippen molar-refractivity contribution < 1.29 is 9.53 Å². The Morgan fingerprint density at radius 1 is 1.18 bits per heavy atom. The quantitative estimate of drug-likeness (QED) is 0.681. The van der Waals surface area contributed by atoms with Crippen molar-refractivity contribution in [2.45, 2.75) is 26.3 Å². The molecule has 0 N–H and O–H groups in total. The fraction of sp³-hybridized carbons (Fsp3) is 0.500. The highest BCUT2D eigenvalue weighted by Crippen LogP contribution is 2.27. The van der Waals surface area contributed by atoms with Gasteiger partial charge in [0, 0.05) is 62.6 Å². The summed E-state index contributed by atoms with van der Waals surface area (Å²) in [6.45, 7) is 9.29. The number of nitrogens with zero attached hydrogens (tertiary/aromatic N) is 4. The van der Waals surface area contributed by atoms with Crippen LogP contribution < -0.4 is 4.74 Å². The first-order valence-corrected chi connectivity index (χ1v) is 10.3. The maximum absolute atomic E-state index is 12.4. The smallest absolute Gasteiger partial charge is 0.260 e. The molecule has 152 valence electrons. The zero-order valence-electron chi connectivity index (χ0n) is 16.3. The van der Waals surface area contributed by atoms with Gasteiger partial charge in [-0.05, 0) is 18.2 Å². The van der Waals surface area contributed by atoms with E-state index in [0.29, 0.717) is 34.8 Å². The number of benzene rings is 1. The van der Waals surface area contributed by atoms with Crippen LogP contribution in [0.15, 0.2) is 30.6 Å². The molecule has 28 heavy (non-hydrogen) atoms. The van der Waals surface area contributed by atoms with Crippen molar-refractivity contribution in [3.63, 3.8) is 0 Å². The fourth-order valence-electron chi connectivity index (χ4n) is 3.30. The van der Waals surface area contributed by atoms with Crippen molar-refractivity contribution in [2.75, 3.05) is 39.3 Å². The molecule has 0 unspecified atom stereocenters. The van der Waals surface area contributed by atoms with E-state index in [1.165, 1.54) is 0 Å². The molecule has 0 spiro atoms. The lowest BCUT2D eigenvalue weighted by Crippen LogP contribution is -2.50. The standard InChI is InChI=1S/C20H26Cl2N4O2/c1-15(2)20-23-5-6-26(20)12-9-24-7-10-25(11-8-24)19(27)14-28-18-4-3-16(21)13-17(18)22/h3-6,13,15H,7-12,14H2,1-2H3. The number of aromatic nitrogens is 2. The number of hydrogen-bond donors (Lipinski definition) is 0. The van der Waals surface area contributed by atoms with E-state index in [2.05, 4.69) is 28.3 Å². The van der Waals surface area contributed by atoms with Crippen LogP contribution in [0, 0.1) is 0 Å². The molecule has 0 atom stereocenters. The third-order valence-corrected chi connectivity index (χ3v) is 5.42. The molecule has 6 nitrogen and oxygen atoms in total. The van der Waals surface area contributed by atoms with E-state index < -0.39 is 0 Å². The SMILES string of the molecule is CC(C)c1nccn1CCN1CCN(C(=O)COc2ccc(Cl)cc2Cl)CC1. The molecule has 3 rings (SSSR count). The Morgan fingerprint density at radius 3 is 2.61 bits per heavy atom. The Labute approximate surface area is 176 Å². The van der Waals surface area contributed by atoms with Crippen molar-refractivity contribution in [3.8, 4) is 5.75 Å². The molecule has 0 bridgehead atoms. The Morgan fingerprint density at radius 2 is 1.93 bits per heavy atom. The predicted molar refractivity (Wildman–Crippen MR) is 111 cm³/mol. The van der Waals surface area contributed by atoms with Gasteiger partial charge in [0.05, 0.1) is 5.02 Å². The topological polar surface area (TPSA) is 50.6 Å². The predicted octanol–water partition coefficient (Wildman–Crippen LogP) is 3.54. The van der Waals surface area contributed by atoms with Gasteiger partial charge in [-0.25, -0.2) is 4.98 Å². The lowest BCUT2D eigenvalue weighted by molar-refractivity contribution is -0.135. The van der Waals surface area contributed by atoms with Gasteiger partial charge in [0.2, 0.25) is 0 Å². The molecule has 0 saturated carbocycles. The molecule has 0 aliphatic carbocycles. The summed E-state index contributed by atoms with van der Waals surface area (Å²) in [6, 6.07) is 4.97. The third-order valence-electron chi connectivity index (χ3n) is 4.89. The molecule has 1 aromatic carbocycles. The van der Waals surface area contributed by atoms with Gasteiger partial charge in [0.1, 0.15) is 11.6 Å². The second-order valence-corrected chi connectivity index (χ2v) is 8.06. The van der Waals surface area contributed by atoms with E-state index in [1.54, 1.807) is 18.2 Å². The molecule has 1 saturated heterocycles. The van der Waals surface area contributed by atoms with E-state index in [-0.39, 0.29) is 12.5 Å². The summed E-state index contributed by atoms with van der Waals surface area (Å²) in [4.78, 5) is 21.1. The highest BCUT2D eigenvalue weighted by Gasteiger charge is 2.21. The lowest BCUT2D eigenvalue weighted by atomic mass is 10.2. The molecular weight excluding hydrogens is 399 g/mol. The lowest BCUT2D eigenvalue weighted by Gasteiger charge is -2.34. The molecule has 1 amide bonds. The highest BCUT2D eigenvalue weighted by molar-refractivity contribution is 6.35. The minimum absolute atomic E-state index is 0.0197. The third kappa shape index (κ3) is 5.40.